The molecule has 0 unspecified atom stereocenters. The molecule has 0 bridgehead atoms. The summed E-state index contributed by atoms with van der Waals surface area (Å²) in [5.74, 6) is -0.814. The molecule has 1 heterocycles. The van der Waals surface area contributed by atoms with E-state index in [9.17, 15) is 9.59 Å². The Morgan fingerprint density at radius 3 is 2.67 bits per heavy atom. The van der Waals surface area contributed by atoms with Crippen molar-refractivity contribution in [2.75, 3.05) is 19.0 Å². The lowest BCUT2D eigenvalue weighted by Crippen LogP contribution is -2.28. The van der Waals surface area contributed by atoms with Gasteiger partial charge < -0.3 is 10.0 Å². The van der Waals surface area contributed by atoms with Gasteiger partial charge in [-0.25, -0.2) is 4.68 Å². The first kappa shape index (κ1) is 12.6. The lowest BCUT2D eigenvalue weighted by molar-refractivity contribution is -0.138. The van der Waals surface area contributed by atoms with E-state index >= 15 is 0 Å². The number of rotatable bonds is 5. The summed E-state index contributed by atoms with van der Waals surface area (Å²) in [6, 6.07) is 1.52. The smallest absolute Gasteiger partial charge is 0.303 e. The zero-order valence-corrected chi connectivity index (χ0v) is 10.6. The summed E-state index contributed by atoms with van der Waals surface area (Å²) >= 11 is 0. The Morgan fingerprint density at radius 1 is 1.56 bits per heavy atom. The van der Waals surface area contributed by atoms with E-state index in [0.717, 1.165) is 18.5 Å². The highest BCUT2D eigenvalue weighted by Gasteiger charge is 2.45. The summed E-state index contributed by atoms with van der Waals surface area (Å²) in [5.41, 5.74) is 0.305. The second-order valence-corrected chi connectivity index (χ2v) is 5.17. The molecule has 0 aromatic carbocycles. The van der Waals surface area contributed by atoms with E-state index < -0.39 is 5.97 Å². The van der Waals surface area contributed by atoms with E-state index in [1.807, 2.05) is 19.0 Å². The summed E-state index contributed by atoms with van der Waals surface area (Å²) in [7, 11) is 3.68. The molecule has 1 aliphatic carbocycles. The third-order valence-corrected chi connectivity index (χ3v) is 3.34. The number of aliphatic carboxylic acids is 1. The van der Waals surface area contributed by atoms with Gasteiger partial charge in [0, 0.05) is 25.6 Å². The van der Waals surface area contributed by atoms with Gasteiger partial charge in [0.2, 0.25) is 0 Å². The van der Waals surface area contributed by atoms with E-state index in [1.54, 1.807) is 6.20 Å². The van der Waals surface area contributed by atoms with Crippen LogP contribution in [-0.4, -0.2) is 35.0 Å². The van der Waals surface area contributed by atoms with Crippen molar-refractivity contribution in [3.05, 3.63) is 22.6 Å². The Labute approximate surface area is 105 Å². The van der Waals surface area contributed by atoms with Crippen LogP contribution in [0.15, 0.2) is 17.1 Å². The third kappa shape index (κ3) is 2.69. The molecule has 1 fully saturated rings. The average Bonchev–Trinajstić information content (AvgIpc) is 2.99. The molecule has 1 N–H and O–H groups in total. The molecule has 1 aromatic rings. The summed E-state index contributed by atoms with van der Waals surface area (Å²) < 4.78 is 1.36. The first-order valence-corrected chi connectivity index (χ1v) is 5.88. The van der Waals surface area contributed by atoms with Crippen LogP contribution in [0, 0.1) is 5.41 Å². The first-order valence-electron chi connectivity index (χ1n) is 5.88. The van der Waals surface area contributed by atoms with Crippen LogP contribution in [0.1, 0.15) is 19.3 Å². The predicted molar refractivity (Wildman–Crippen MR) is 66.7 cm³/mol. The molecule has 1 saturated carbocycles. The maximum atomic E-state index is 11.9. The standard InChI is InChI=1S/C12H17N3O3/c1-14(2)9-5-10(16)15(13-7-9)8-12(3-4-12)6-11(17)18/h5,7H,3-4,6,8H2,1-2H3,(H,17,18). The van der Waals surface area contributed by atoms with Crippen molar-refractivity contribution in [3.8, 4) is 0 Å². The van der Waals surface area contributed by atoms with E-state index in [1.165, 1.54) is 10.7 Å². The monoisotopic (exact) mass is 251 g/mol. The van der Waals surface area contributed by atoms with Crippen LogP contribution in [0.4, 0.5) is 5.69 Å². The fourth-order valence-corrected chi connectivity index (χ4v) is 1.99. The molecule has 98 valence electrons. The van der Waals surface area contributed by atoms with Crippen LogP contribution < -0.4 is 10.5 Å². The Hall–Kier alpha value is -1.85. The minimum atomic E-state index is -0.814. The van der Waals surface area contributed by atoms with Crippen molar-refractivity contribution in [3.63, 3.8) is 0 Å². The molecule has 18 heavy (non-hydrogen) atoms. The SMILES string of the molecule is CN(C)c1cnn(CC2(CC(=O)O)CC2)c(=O)c1. The second kappa shape index (κ2) is 4.44. The average molecular weight is 251 g/mol. The second-order valence-electron chi connectivity index (χ2n) is 5.17. The van der Waals surface area contributed by atoms with Gasteiger partial charge in [-0.05, 0) is 12.8 Å². The minimum Gasteiger partial charge on any atom is -0.481 e. The van der Waals surface area contributed by atoms with Crippen molar-refractivity contribution in [2.45, 2.75) is 25.8 Å². The van der Waals surface area contributed by atoms with Gasteiger partial charge in [-0.15, -0.1) is 0 Å². The summed E-state index contributed by atoms with van der Waals surface area (Å²) in [5, 5.41) is 12.9. The lowest BCUT2D eigenvalue weighted by Gasteiger charge is -2.15. The van der Waals surface area contributed by atoms with Crippen LogP contribution in [0.5, 0.6) is 0 Å². The Bertz CT molecular complexity index is 518. The Kier molecular flexibility index (Phi) is 3.11. The highest BCUT2D eigenvalue weighted by atomic mass is 16.4. The summed E-state index contributed by atoms with van der Waals surface area (Å²) in [4.78, 5) is 24.4. The van der Waals surface area contributed by atoms with E-state index in [2.05, 4.69) is 5.10 Å². The van der Waals surface area contributed by atoms with Crippen LogP contribution >= 0.6 is 0 Å². The van der Waals surface area contributed by atoms with Gasteiger partial charge in [0.25, 0.3) is 5.56 Å². The summed E-state index contributed by atoms with van der Waals surface area (Å²) in [6.45, 7) is 0.395. The quantitative estimate of drug-likeness (QED) is 0.827. The number of anilines is 1. The van der Waals surface area contributed by atoms with Crippen LogP contribution in [0.25, 0.3) is 0 Å². The van der Waals surface area contributed by atoms with Crippen LogP contribution in [-0.2, 0) is 11.3 Å². The molecule has 0 spiro atoms. The van der Waals surface area contributed by atoms with E-state index in [4.69, 9.17) is 5.11 Å². The number of carbonyl (C=O) groups is 1. The first-order chi connectivity index (χ1) is 8.42. The van der Waals surface area contributed by atoms with Crippen LogP contribution in [0.3, 0.4) is 0 Å². The van der Waals surface area contributed by atoms with Gasteiger partial charge in [-0.2, -0.15) is 5.10 Å². The molecule has 0 aliphatic heterocycles. The molecule has 0 saturated heterocycles. The fraction of sp³-hybridized carbons (Fsp3) is 0.583. The van der Waals surface area contributed by atoms with E-state index in [-0.39, 0.29) is 17.4 Å². The van der Waals surface area contributed by atoms with Gasteiger partial charge in [0.15, 0.2) is 0 Å². The molecule has 0 amide bonds. The van der Waals surface area contributed by atoms with Crippen molar-refractivity contribution >= 4 is 11.7 Å². The zero-order valence-electron chi connectivity index (χ0n) is 10.6. The molecular formula is C12H17N3O3. The maximum Gasteiger partial charge on any atom is 0.303 e. The number of aromatic nitrogens is 2. The minimum absolute atomic E-state index is 0.108. The number of carboxylic acid groups (broad SMARTS) is 1. The van der Waals surface area contributed by atoms with Crippen molar-refractivity contribution in [1.29, 1.82) is 0 Å². The molecule has 2 rings (SSSR count). The Balaban J connectivity index is 2.16. The van der Waals surface area contributed by atoms with Gasteiger partial charge in [0.1, 0.15) is 0 Å². The highest BCUT2D eigenvalue weighted by Crippen LogP contribution is 2.49. The number of hydrogen-bond donors (Lipinski definition) is 1. The fourth-order valence-electron chi connectivity index (χ4n) is 1.99. The largest absolute Gasteiger partial charge is 0.481 e. The summed E-state index contributed by atoms with van der Waals surface area (Å²) in [6.07, 6.45) is 3.43. The molecule has 1 aliphatic rings. The molecule has 6 heteroatoms. The normalized spacial score (nSPS) is 16.3. The van der Waals surface area contributed by atoms with Crippen molar-refractivity contribution in [2.24, 2.45) is 5.41 Å². The molecule has 6 nitrogen and oxygen atoms in total. The number of nitrogens with zero attached hydrogens (tertiary/aromatic N) is 3. The van der Waals surface area contributed by atoms with Gasteiger partial charge in [-0.1, -0.05) is 0 Å². The van der Waals surface area contributed by atoms with E-state index in [0.29, 0.717) is 6.54 Å². The molecule has 0 radical (unpaired) electrons. The number of carboxylic acids is 1. The van der Waals surface area contributed by atoms with Gasteiger partial charge in [-0.3, -0.25) is 9.59 Å². The molecule has 1 aromatic heterocycles. The number of hydrogen-bond acceptors (Lipinski definition) is 4. The zero-order chi connectivity index (χ0) is 13.3. The molecule has 0 atom stereocenters. The van der Waals surface area contributed by atoms with Crippen molar-refractivity contribution < 1.29 is 9.90 Å². The predicted octanol–water partition coefficient (Wildman–Crippen LogP) is 0.564. The van der Waals surface area contributed by atoms with Gasteiger partial charge in [0.05, 0.1) is 24.8 Å². The topological polar surface area (TPSA) is 75.4 Å². The van der Waals surface area contributed by atoms with Crippen molar-refractivity contribution in [1.82, 2.24) is 9.78 Å². The molecular weight excluding hydrogens is 234 g/mol. The lowest BCUT2D eigenvalue weighted by atomic mass is 10.0. The van der Waals surface area contributed by atoms with Gasteiger partial charge >= 0.3 is 5.97 Å². The maximum absolute atomic E-state index is 11.9. The Morgan fingerprint density at radius 2 is 2.22 bits per heavy atom. The van der Waals surface area contributed by atoms with Crippen LogP contribution in [0.2, 0.25) is 0 Å². The highest BCUT2D eigenvalue weighted by molar-refractivity contribution is 5.68. The third-order valence-electron chi connectivity index (χ3n) is 3.34.